The van der Waals surface area contributed by atoms with E-state index >= 15 is 0 Å². The SMILES string of the molecule is CCn1c(-c2ccc(S(=O)(=O)N(C)C)cc2)c(C#N)c2ccc(OC)cc21. The summed E-state index contributed by atoms with van der Waals surface area (Å²) in [5.74, 6) is 0.721. The second-order valence-electron chi connectivity index (χ2n) is 6.27. The summed E-state index contributed by atoms with van der Waals surface area (Å²) in [6.07, 6.45) is 0. The largest absolute Gasteiger partial charge is 0.497 e. The standard InChI is InChI=1S/C20H21N3O3S/c1-5-23-19-12-15(26-4)8-11-17(19)18(13-21)20(23)14-6-9-16(10-7-14)27(24,25)22(2)3/h6-12H,5H2,1-4H3. The highest BCUT2D eigenvalue weighted by Gasteiger charge is 2.21. The molecule has 6 nitrogen and oxygen atoms in total. The third kappa shape index (κ3) is 3.07. The maximum Gasteiger partial charge on any atom is 0.242 e. The lowest BCUT2D eigenvalue weighted by atomic mass is 10.1. The third-order valence-electron chi connectivity index (χ3n) is 4.61. The van der Waals surface area contributed by atoms with Crippen molar-refractivity contribution in [2.45, 2.75) is 18.4 Å². The molecular weight excluding hydrogens is 362 g/mol. The molecule has 3 aromatic rings. The van der Waals surface area contributed by atoms with E-state index in [1.165, 1.54) is 18.4 Å². The van der Waals surface area contributed by atoms with Gasteiger partial charge in [0.15, 0.2) is 0 Å². The fourth-order valence-electron chi connectivity index (χ4n) is 3.19. The van der Waals surface area contributed by atoms with E-state index < -0.39 is 10.0 Å². The van der Waals surface area contributed by atoms with Crippen LogP contribution in [0.5, 0.6) is 5.75 Å². The van der Waals surface area contributed by atoms with Gasteiger partial charge in [0, 0.05) is 32.1 Å². The number of ether oxygens (including phenoxy) is 1. The van der Waals surface area contributed by atoms with E-state index in [0.29, 0.717) is 12.1 Å². The van der Waals surface area contributed by atoms with Crippen LogP contribution in [0.1, 0.15) is 12.5 Å². The fraction of sp³-hybridized carbons (Fsp3) is 0.250. The monoisotopic (exact) mass is 383 g/mol. The zero-order chi connectivity index (χ0) is 19.8. The highest BCUT2D eigenvalue weighted by atomic mass is 32.2. The molecule has 0 saturated carbocycles. The summed E-state index contributed by atoms with van der Waals surface area (Å²) in [6, 6.07) is 14.6. The number of nitriles is 1. The number of methoxy groups -OCH3 is 1. The summed E-state index contributed by atoms with van der Waals surface area (Å²) < 4.78 is 33.1. The molecule has 0 aliphatic rings. The fourth-order valence-corrected chi connectivity index (χ4v) is 4.10. The highest BCUT2D eigenvalue weighted by Crippen LogP contribution is 2.35. The number of rotatable bonds is 5. The minimum Gasteiger partial charge on any atom is -0.497 e. The molecule has 0 aliphatic carbocycles. The second kappa shape index (κ2) is 7.06. The minimum absolute atomic E-state index is 0.218. The molecule has 0 saturated heterocycles. The van der Waals surface area contributed by atoms with Gasteiger partial charge in [0.05, 0.1) is 28.8 Å². The Hall–Kier alpha value is -2.82. The first-order chi connectivity index (χ1) is 12.8. The Bertz CT molecular complexity index is 1140. The molecule has 1 aromatic heterocycles. The summed E-state index contributed by atoms with van der Waals surface area (Å²) in [5, 5.41) is 10.6. The Morgan fingerprint density at radius 2 is 1.81 bits per heavy atom. The van der Waals surface area contributed by atoms with Crippen molar-refractivity contribution >= 4 is 20.9 Å². The van der Waals surface area contributed by atoms with E-state index in [9.17, 15) is 13.7 Å². The number of hydrogen-bond acceptors (Lipinski definition) is 4. The molecule has 0 atom stereocenters. The first kappa shape index (κ1) is 19.0. The van der Waals surface area contributed by atoms with Crippen LogP contribution in [0.3, 0.4) is 0 Å². The normalized spacial score (nSPS) is 11.7. The number of sulfonamides is 1. The van der Waals surface area contributed by atoms with Crippen molar-refractivity contribution in [2.75, 3.05) is 21.2 Å². The Morgan fingerprint density at radius 3 is 2.33 bits per heavy atom. The molecule has 27 heavy (non-hydrogen) atoms. The van der Waals surface area contributed by atoms with Gasteiger partial charge >= 0.3 is 0 Å². The van der Waals surface area contributed by atoms with Crippen LogP contribution in [0.25, 0.3) is 22.2 Å². The van der Waals surface area contributed by atoms with Crippen molar-refractivity contribution in [3.05, 3.63) is 48.0 Å². The van der Waals surface area contributed by atoms with Crippen molar-refractivity contribution in [3.8, 4) is 23.1 Å². The van der Waals surface area contributed by atoms with Gasteiger partial charge in [0.1, 0.15) is 11.8 Å². The molecule has 0 amide bonds. The van der Waals surface area contributed by atoms with Gasteiger partial charge in [-0.3, -0.25) is 0 Å². The summed E-state index contributed by atoms with van der Waals surface area (Å²) in [6.45, 7) is 2.67. The van der Waals surface area contributed by atoms with Crippen LogP contribution >= 0.6 is 0 Å². The van der Waals surface area contributed by atoms with E-state index in [2.05, 4.69) is 6.07 Å². The summed E-state index contributed by atoms with van der Waals surface area (Å²) in [7, 11) is 1.11. The van der Waals surface area contributed by atoms with E-state index in [1.54, 1.807) is 31.4 Å². The highest BCUT2D eigenvalue weighted by molar-refractivity contribution is 7.89. The molecule has 0 unspecified atom stereocenters. The molecule has 0 bridgehead atoms. The van der Waals surface area contributed by atoms with E-state index in [-0.39, 0.29) is 4.90 Å². The first-order valence-electron chi connectivity index (χ1n) is 8.48. The van der Waals surface area contributed by atoms with Crippen LogP contribution in [0.2, 0.25) is 0 Å². The van der Waals surface area contributed by atoms with Gasteiger partial charge in [-0.25, -0.2) is 12.7 Å². The number of fused-ring (bicyclic) bond motifs is 1. The van der Waals surface area contributed by atoms with Crippen molar-refractivity contribution in [2.24, 2.45) is 0 Å². The molecule has 0 spiro atoms. The Morgan fingerprint density at radius 1 is 1.15 bits per heavy atom. The van der Waals surface area contributed by atoms with Crippen molar-refractivity contribution in [3.63, 3.8) is 0 Å². The smallest absolute Gasteiger partial charge is 0.242 e. The van der Waals surface area contributed by atoms with Gasteiger partial charge in [0.25, 0.3) is 0 Å². The van der Waals surface area contributed by atoms with Gasteiger partial charge in [0.2, 0.25) is 10.0 Å². The van der Waals surface area contributed by atoms with Crippen LogP contribution in [-0.4, -0.2) is 38.5 Å². The Labute approximate surface area is 159 Å². The number of aryl methyl sites for hydroxylation is 1. The van der Waals surface area contributed by atoms with E-state index in [0.717, 1.165) is 27.9 Å². The molecular formula is C20H21N3O3S. The summed E-state index contributed by atoms with van der Waals surface area (Å²) in [5.41, 5.74) is 3.05. The van der Waals surface area contributed by atoms with Crippen LogP contribution in [0, 0.1) is 11.3 Å². The average molecular weight is 383 g/mol. The quantitative estimate of drug-likeness (QED) is 0.676. The second-order valence-corrected chi connectivity index (χ2v) is 8.43. The van der Waals surface area contributed by atoms with Crippen LogP contribution < -0.4 is 4.74 Å². The van der Waals surface area contributed by atoms with E-state index in [4.69, 9.17) is 4.74 Å². The van der Waals surface area contributed by atoms with E-state index in [1.807, 2.05) is 29.7 Å². The van der Waals surface area contributed by atoms with Crippen LogP contribution in [0.15, 0.2) is 47.4 Å². The van der Waals surface area contributed by atoms with Gasteiger partial charge in [-0.15, -0.1) is 0 Å². The summed E-state index contributed by atoms with van der Waals surface area (Å²) in [4.78, 5) is 0.218. The number of nitrogens with zero attached hydrogens (tertiary/aromatic N) is 3. The van der Waals surface area contributed by atoms with Crippen LogP contribution in [-0.2, 0) is 16.6 Å². The number of hydrogen-bond donors (Lipinski definition) is 0. The van der Waals surface area contributed by atoms with Gasteiger partial charge in [-0.2, -0.15) is 5.26 Å². The van der Waals surface area contributed by atoms with Crippen molar-refractivity contribution < 1.29 is 13.2 Å². The topological polar surface area (TPSA) is 75.3 Å². The lowest BCUT2D eigenvalue weighted by Crippen LogP contribution is -2.22. The third-order valence-corrected chi connectivity index (χ3v) is 6.44. The number of benzene rings is 2. The molecule has 2 aromatic carbocycles. The van der Waals surface area contributed by atoms with Crippen molar-refractivity contribution in [1.82, 2.24) is 8.87 Å². The average Bonchev–Trinajstić information content (AvgIpc) is 3.00. The first-order valence-corrected chi connectivity index (χ1v) is 9.92. The maximum absolute atomic E-state index is 12.3. The van der Waals surface area contributed by atoms with Crippen molar-refractivity contribution in [1.29, 1.82) is 5.26 Å². The molecule has 0 N–H and O–H groups in total. The molecule has 0 aliphatic heterocycles. The Kier molecular flexibility index (Phi) is 4.96. The lowest BCUT2D eigenvalue weighted by Gasteiger charge is -2.13. The predicted octanol–water partition coefficient (Wildman–Crippen LogP) is 3.46. The summed E-state index contributed by atoms with van der Waals surface area (Å²) >= 11 is 0. The predicted molar refractivity (Wildman–Crippen MR) is 105 cm³/mol. The van der Waals surface area contributed by atoms with Gasteiger partial charge in [-0.05, 0) is 36.8 Å². The van der Waals surface area contributed by atoms with Gasteiger partial charge < -0.3 is 9.30 Å². The lowest BCUT2D eigenvalue weighted by molar-refractivity contribution is 0.415. The molecule has 140 valence electrons. The van der Waals surface area contributed by atoms with Gasteiger partial charge in [-0.1, -0.05) is 12.1 Å². The molecule has 0 fully saturated rings. The minimum atomic E-state index is -3.50. The molecule has 1 heterocycles. The Balaban J connectivity index is 2.24. The zero-order valence-corrected chi connectivity index (χ0v) is 16.5. The maximum atomic E-state index is 12.3. The molecule has 0 radical (unpaired) electrons. The zero-order valence-electron chi connectivity index (χ0n) is 15.7. The van der Waals surface area contributed by atoms with Crippen LogP contribution in [0.4, 0.5) is 0 Å². The molecule has 3 rings (SSSR count). The number of aromatic nitrogens is 1. The molecule has 7 heteroatoms.